The van der Waals surface area contributed by atoms with Gasteiger partial charge in [-0.25, -0.2) is 4.98 Å². The zero-order valence-electron chi connectivity index (χ0n) is 12.1. The van der Waals surface area contributed by atoms with Gasteiger partial charge in [-0.2, -0.15) is 0 Å². The van der Waals surface area contributed by atoms with Crippen LogP contribution >= 0.6 is 0 Å². The lowest BCUT2D eigenvalue weighted by molar-refractivity contribution is 0.0946. The van der Waals surface area contributed by atoms with Gasteiger partial charge in [0.15, 0.2) is 5.69 Å². The third-order valence-electron chi connectivity index (χ3n) is 3.58. The molecule has 0 atom stereocenters. The fraction of sp³-hybridized carbons (Fsp3) is 0.429. The second kappa shape index (κ2) is 6.52. The van der Waals surface area contributed by atoms with E-state index in [-0.39, 0.29) is 11.4 Å². The number of nitrogens with zero attached hydrogens (tertiary/aromatic N) is 4. The Morgan fingerprint density at radius 3 is 3.18 bits per heavy atom. The summed E-state index contributed by atoms with van der Waals surface area (Å²) < 4.78 is 2.10. The Bertz CT molecular complexity index is 669. The normalized spacial score (nSPS) is 14.2. The molecule has 0 bridgehead atoms. The smallest absolute Gasteiger partial charge is 0.273 e. The first-order valence-electron chi connectivity index (χ1n) is 7.29. The summed E-state index contributed by atoms with van der Waals surface area (Å²) in [6.07, 6.45) is 2.92. The van der Waals surface area contributed by atoms with Gasteiger partial charge in [-0.15, -0.1) is 10.2 Å². The number of fused-ring (bicyclic) bond motifs is 1. The van der Waals surface area contributed by atoms with E-state index >= 15 is 0 Å². The van der Waals surface area contributed by atoms with Crippen LogP contribution in [-0.4, -0.2) is 50.4 Å². The van der Waals surface area contributed by atoms with Crippen LogP contribution in [0.2, 0.25) is 0 Å². The third-order valence-corrected chi connectivity index (χ3v) is 3.58. The van der Waals surface area contributed by atoms with Crippen LogP contribution in [0.5, 0.6) is 5.75 Å². The Hall–Kier alpha value is -2.48. The van der Waals surface area contributed by atoms with Gasteiger partial charge in [-0.05, 0) is 12.1 Å². The largest absolute Gasteiger partial charge is 0.505 e. The van der Waals surface area contributed by atoms with Crippen LogP contribution in [0.4, 0.5) is 0 Å². The predicted molar refractivity (Wildman–Crippen MR) is 78.5 cm³/mol. The summed E-state index contributed by atoms with van der Waals surface area (Å²) in [5.41, 5.74) is 0.0340. The molecule has 0 spiro atoms. The molecule has 1 amide bonds. The predicted octanol–water partition coefficient (Wildman–Crippen LogP) is -0.503. The van der Waals surface area contributed by atoms with E-state index in [1.807, 2.05) is 0 Å². The van der Waals surface area contributed by atoms with Crippen molar-refractivity contribution in [1.29, 1.82) is 0 Å². The molecule has 3 N–H and O–H groups in total. The third kappa shape index (κ3) is 3.06. The Morgan fingerprint density at radius 1 is 1.41 bits per heavy atom. The quantitative estimate of drug-likeness (QED) is 0.703. The van der Waals surface area contributed by atoms with Gasteiger partial charge in [0.05, 0.1) is 0 Å². The maximum atomic E-state index is 12.0. The Labute approximate surface area is 127 Å². The molecule has 116 valence electrons. The van der Waals surface area contributed by atoms with Gasteiger partial charge in [0.25, 0.3) is 5.91 Å². The van der Waals surface area contributed by atoms with E-state index < -0.39 is 5.91 Å². The van der Waals surface area contributed by atoms with E-state index in [9.17, 15) is 9.90 Å². The van der Waals surface area contributed by atoms with E-state index in [0.29, 0.717) is 13.0 Å². The number of aromatic hydroxyl groups is 1. The fourth-order valence-corrected chi connectivity index (χ4v) is 2.46. The number of aromatic nitrogens is 4. The number of hydrogen-bond donors (Lipinski definition) is 3. The van der Waals surface area contributed by atoms with Crippen LogP contribution < -0.4 is 10.6 Å². The highest BCUT2D eigenvalue weighted by molar-refractivity contribution is 5.94. The van der Waals surface area contributed by atoms with E-state index in [1.165, 1.54) is 12.3 Å². The average molecular weight is 302 g/mol. The molecular weight excluding hydrogens is 284 g/mol. The Kier molecular flexibility index (Phi) is 4.29. The van der Waals surface area contributed by atoms with E-state index in [2.05, 4.69) is 30.4 Å². The topological polar surface area (TPSA) is 105 Å². The molecule has 22 heavy (non-hydrogen) atoms. The van der Waals surface area contributed by atoms with Crippen LogP contribution in [0, 0.1) is 0 Å². The van der Waals surface area contributed by atoms with Crippen molar-refractivity contribution in [2.24, 2.45) is 0 Å². The minimum absolute atomic E-state index is 0.0340. The van der Waals surface area contributed by atoms with Crippen LogP contribution in [0.1, 0.15) is 22.1 Å². The first kappa shape index (κ1) is 14.5. The number of hydrogen-bond acceptors (Lipinski definition) is 6. The van der Waals surface area contributed by atoms with Crippen molar-refractivity contribution in [2.75, 3.05) is 19.6 Å². The molecule has 0 aromatic carbocycles. The van der Waals surface area contributed by atoms with Crippen molar-refractivity contribution in [1.82, 2.24) is 30.4 Å². The van der Waals surface area contributed by atoms with Crippen LogP contribution in [0.3, 0.4) is 0 Å². The number of rotatable bonds is 4. The van der Waals surface area contributed by atoms with Gasteiger partial charge in [-0.1, -0.05) is 0 Å². The number of amides is 1. The molecule has 0 aliphatic carbocycles. The van der Waals surface area contributed by atoms with Gasteiger partial charge >= 0.3 is 0 Å². The van der Waals surface area contributed by atoms with Gasteiger partial charge in [0.1, 0.15) is 17.4 Å². The maximum Gasteiger partial charge on any atom is 0.273 e. The van der Waals surface area contributed by atoms with Crippen molar-refractivity contribution < 1.29 is 9.90 Å². The molecule has 3 rings (SSSR count). The molecule has 8 nitrogen and oxygen atoms in total. The summed E-state index contributed by atoms with van der Waals surface area (Å²) in [5.74, 6) is 1.33. The van der Waals surface area contributed by atoms with Crippen molar-refractivity contribution in [3.8, 4) is 5.75 Å². The Morgan fingerprint density at radius 2 is 2.32 bits per heavy atom. The highest BCUT2D eigenvalue weighted by atomic mass is 16.3. The zero-order valence-corrected chi connectivity index (χ0v) is 12.1. The monoisotopic (exact) mass is 302 g/mol. The van der Waals surface area contributed by atoms with Crippen LogP contribution in [0.25, 0.3) is 0 Å². The minimum Gasteiger partial charge on any atom is -0.505 e. The zero-order chi connectivity index (χ0) is 15.4. The maximum absolute atomic E-state index is 12.0. The second-order valence-electron chi connectivity index (χ2n) is 5.06. The highest BCUT2D eigenvalue weighted by Crippen LogP contribution is 2.12. The molecule has 2 aromatic heterocycles. The van der Waals surface area contributed by atoms with E-state index in [0.717, 1.165) is 37.7 Å². The first-order chi connectivity index (χ1) is 10.8. The second-order valence-corrected chi connectivity index (χ2v) is 5.06. The van der Waals surface area contributed by atoms with Gasteiger partial charge in [-0.3, -0.25) is 4.79 Å². The van der Waals surface area contributed by atoms with Crippen molar-refractivity contribution in [3.05, 3.63) is 35.7 Å². The molecule has 1 aliphatic rings. The van der Waals surface area contributed by atoms with E-state index in [1.54, 1.807) is 6.07 Å². The molecule has 0 fully saturated rings. The summed E-state index contributed by atoms with van der Waals surface area (Å²) in [4.78, 5) is 15.8. The average Bonchev–Trinajstić information content (AvgIpc) is 2.75. The highest BCUT2D eigenvalue weighted by Gasteiger charge is 2.15. The molecule has 3 heterocycles. The summed E-state index contributed by atoms with van der Waals surface area (Å²) in [5, 5.41) is 24.0. The molecule has 8 heteroatoms. The molecule has 1 aliphatic heterocycles. The lowest BCUT2D eigenvalue weighted by Crippen LogP contribution is -2.27. The van der Waals surface area contributed by atoms with Crippen molar-refractivity contribution in [2.45, 2.75) is 19.4 Å². The lowest BCUT2D eigenvalue weighted by atomic mass is 10.3. The lowest BCUT2D eigenvalue weighted by Gasteiger charge is -2.08. The van der Waals surface area contributed by atoms with Crippen molar-refractivity contribution >= 4 is 5.91 Å². The number of carbonyl (C=O) groups excluding carboxylic acids is 1. The summed E-state index contributed by atoms with van der Waals surface area (Å²) in [7, 11) is 0. The van der Waals surface area contributed by atoms with Gasteiger partial charge < -0.3 is 20.3 Å². The standard InChI is InChI=1S/C14H18N6O2/c21-10-2-1-5-16-13(10)14(22)17-7-4-12-19-18-11-3-6-15-8-9-20(11)12/h1-2,5,15,21H,3-4,6-9H2,(H,17,22). The Balaban J connectivity index is 1.59. The summed E-state index contributed by atoms with van der Waals surface area (Å²) in [6, 6.07) is 3.01. The van der Waals surface area contributed by atoms with Gasteiger partial charge in [0.2, 0.25) is 0 Å². The molecule has 0 radical (unpaired) electrons. The minimum atomic E-state index is -0.393. The number of nitrogens with one attached hydrogen (secondary N) is 2. The summed E-state index contributed by atoms with van der Waals surface area (Å²) >= 11 is 0. The summed E-state index contributed by atoms with van der Waals surface area (Å²) in [6.45, 7) is 3.06. The molecule has 0 unspecified atom stereocenters. The van der Waals surface area contributed by atoms with Crippen molar-refractivity contribution in [3.63, 3.8) is 0 Å². The number of pyridine rings is 1. The molecular formula is C14H18N6O2. The van der Waals surface area contributed by atoms with Crippen LogP contribution in [-0.2, 0) is 19.4 Å². The first-order valence-corrected chi connectivity index (χ1v) is 7.29. The SMILES string of the molecule is O=C(NCCc1nnc2n1CCNCC2)c1ncccc1O. The van der Waals surface area contributed by atoms with E-state index in [4.69, 9.17) is 0 Å². The molecule has 0 saturated carbocycles. The molecule has 0 saturated heterocycles. The fourth-order valence-electron chi connectivity index (χ4n) is 2.46. The molecule has 2 aromatic rings. The van der Waals surface area contributed by atoms with Crippen LogP contribution in [0.15, 0.2) is 18.3 Å². The van der Waals surface area contributed by atoms with Gasteiger partial charge in [0, 0.05) is 45.2 Å². The number of carbonyl (C=O) groups is 1.